The summed E-state index contributed by atoms with van der Waals surface area (Å²) in [5.41, 5.74) is 1.22. The molecule has 35 heavy (non-hydrogen) atoms. The molecule has 11 nitrogen and oxygen atoms in total. The summed E-state index contributed by atoms with van der Waals surface area (Å²) in [6.45, 7) is -1.23. The number of nitrogens with zero attached hydrogens (tertiary/aromatic N) is 6. The number of aromatic nitrogens is 6. The molecule has 0 aliphatic rings. The van der Waals surface area contributed by atoms with Gasteiger partial charge < -0.3 is 10.6 Å². The summed E-state index contributed by atoms with van der Waals surface area (Å²) in [7, 11) is 0. The van der Waals surface area contributed by atoms with E-state index >= 15 is 0 Å². The number of rotatable bonds is 10. The Balaban J connectivity index is 1.53. The summed E-state index contributed by atoms with van der Waals surface area (Å²) < 4.78 is 78.8. The second-order valence-corrected chi connectivity index (χ2v) is 7.07. The molecule has 0 atom stereocenters. The zero-order valence-corrected chi connectivity index (χ0v) is 17.7. The van der Waals surface area contributed by atoms with Crippen LogP contribution in [-0.2, 0) is 29.2 Å². The average Bonchev–Trinajstić information content (AvgIpc) is 3.39. The van der Waals surface area contributed by atoms with Crippen molar-refractivity contribution in [3.63, 3.8) is 0 Å². The maximum absolute atomic E-state index is 12.3. The second-order valence-electron chi connectivity index (χ2n) is 7.07. The zero-order valence-electron chi connectivity index (χ0n) is 17.7. The Bertz CT molecular complexity index is 1170. The molecular weight excluding hydrogens is 490 g/mol. The third-order valence-electron chi connectivity index (χ3n) is 4.37. The van der Waals surface area contributed by atoms with E-state index < -0.39 is 43.8 Å². The van der Waals surface area contributed by atoms with Crippen molar-refractivity contribution in [2.24, 2.45) is 0 Å². The van der Waals surface area contributed by atoms with Gasteiger partial charge in [0.05, 0.1) is 44.2 Å². The standard InChI is InChI=1S/C18H18F6N8O3/c19-17(20,21)2-1-14(33)25-6-11-5-13-30-12(9-32(13)28-7-11)8-26-16(34)15-27-10-29-31(15)3-4-35-18(22,23)24/h5,7,9-10H,1-4,6,8H2,(H,25,33)(H,26,34). The van der Waals surface area contributed by atoms with Crippen molar-refractivity contribution in [3.8, 4) is 0 Å². The van der Waals surface area contributed by atoms with Crippen LogP contribution >= 0.6 is 0 Å². The number of hydrogen-bond acceptors (Lipinski definition) is 7. The first-order valence-corrected chi connectivity index (χ1v) is 9.93. The molecule has 0 aromatic carbocycles. The van der Waals surface area contributed by atoms with Gasteiger partial charge >= 0.3 is 12.5 Å². The van der Waals surface area contributed by atoms with Crippen LogP contribution in [-0.4, -0.2) is 60.3 Å². The third kappa shape index (κ3) is 8.20. The highest BCUT2D eigenvalue weighted by molar-refractivity contribution is 5.90. The third-order valence-corrected chi connectivity index (χ3v) is 4.37. The molecule has 0 aliphatic heterocycles. The van der Waals surface area contributed by atoms with Gasteiger partial charge in [-0.05, 0) is 11.6 Å². The minimum Gasteiger partial charge on any atom is -0.352 e. The molecule has 3 aromatic rings. The Kier molecular flexibility index (Phi) is 7.88. The molecule has 0 saturated carbocycles. The topological polar surface area (TPSA) is 128 Å². The number of nitrogens with one attached hydrogen (secondary N) is 2. The highest BCUT2D eigenvalue weighted by atomic mass is 19.4. The van der Waals surface area contributed by atoms with Gasteiger partial charge in [0, 0.05) is 13.0 Å². The van der Waals surface area contributed by atoms with Crippen LogP contribution in [0.25, 0.3) is 5.65 Å². The van der Waals surface area contributed by atoms with E-state index in [0.29, 0.717) is 16.9 Å². The fraction of sp³-hybridized carbons (Fsp3) is 0.444. The molecule has 0 fully saturated rings. The number of carbonyl (C=O) groups is 2. The molecule has 190 valence electrons. The molecule has 0 unspecified atom stereocenters. The van der Waals surface area contributed by atoms with Gasteiger partial charge in [-0.25, -0.2) is 19.2 Å². The summed E-state index contributed by atoms with van der Waals surface area (Å²) in [6, 6.07) is 1.56. The first kappa shape index (κ1) is 25.9. The van der Waals surface area contributed by atoms with Crippen LogP contribution in [0.2, 0.25) is 0 Å². The lowest BCUT2D eigenvalue weighted by Crippen LogP contribution is -2.28. The smallest absolute Gasteiger partial charge is 0.352 e. The number of imidazole rings is 1. The van der Waals surface area contributed by atoms with Gasteiger partial charge in [0.1, 0.15) is 6.33 Å². The molecular formula is C18H18F6N8O3. The molecule has 2 amide bonds. The van der Waals surface area contributed by atoms with Crippen molar-refractivity contribution in [1.82, 2.24) is 40.0 Å². The fourth-order valence-electron chi connectivity index (χ4n) is 2.79. The Morgan fingerprint density at radius 1 is 1.06 bits per heavy atom. The van der Waals surface area contributed by atoms with Crippen LogP contribution in [0, 0.1) is 0 Å². The zero-order chi connectivity index (χ0) is 25.6. The normalized spacial score (nSPS) is 12.2. The predicted molar refractivity (Wildman–Crippen MR) is 103 cm³/mol. The molecule has 3 aromatic heterocycles. The molecule has 0 radical (unpaired) electrons. The van der Waals surface area contributed by atoms with E-state index in [1.165, 1.54) is 16.9 Å². The van der Waals surface area contributed by atoms with Crippen molar-refractivity contribution in [1.29, 1.82) is 0 Å². The predicted octanol–water partition coefficient (Wildman–Crippen LogP) is 1.75. The summed E-state index contributed by atoms with van der Waals surface area (Å²) in [5.74, 6) is -1.69. The van der Waals surface area contributed by atoms with E-state index in [4.69, 9.17) is 0 Å². The molecule has 0 saturated heterocycles. The van der Waals surface area contributed by atoms with Gasteiger partial charge in [0.15, 0.2) is 5.65 Å². The number of halogens is 6. The summed E-state index contributed by atoms with van der Waals surface area (Å²) in [4.78, 5) is 31.9. The van der Waals surface area contributed by atoms with Gasteiger partial charge in [0.25, 0.3) is 5.91 Å². The maximum Gasteiger partial charge on any atom is 0.522 e. The highest BCUT2D eigenvalue weighted by Gasteiger charge is 2.29. The molecule has 2 N–H and O–H groups in total. The van der Waals surface area contributed by atoms with Crippen molar-refractivity contribution in [3.05, 3.63) is 41.9 Å². The number of ether oxygens (including phenoxy) is 1. The maximum atomic E-state index is 12.3. The Morgan fingerprint density at radius 3 is 2.54 bits per heavy atom. The number of amides is 2. The van der Waals surface area contributed by atoms with Gasteiger partial charge in [-0.15, -0.1) is 13.2 Å². The SMILES string of the molecule is O=C(CCC(F)(F)F)NCc1cnn2cc(CNC(=O)c3ncnn3CCOC(F)(F)F)nc2c1. The molecule has 0 bridgehead atoms. The van der Waals surface area contributed by atoms with Crippen LogP contribution in [0.3, 0.4) is 0 Å². The molecule has 3 heterocycles. The first-order chi connectivity index (χ1) is 16.4. The lowest BCUT2D eigenvalue weighted by Gasteiger charge is -2.08. The number of carbonyl (C=O) groups excluding carboxylic acids is 2. The van der Waals surface area contributed by atoms with Gasteiger partial charge in [-0.2, -0.15) is 23.4 Å². The Hall–Kier alpha value is -3.76. The van der Waals surface area contributed by atoms with Crippen LogP contribution in [0.15, 0.2) is 24.8 Å². The minimum absolute atomic E-state index is 0.0488. The fourth-order valence-corrected chi connectivity index (χ4v) is 2.79. The Morgan fingerprint density at radius 2 is 1.83 bits per heavy atom. The summed E-state index contributed by atoms with van der Waals surface area (Å²) >= 11 is 0. The van der Waals surface area contributed by atoms with Crippen LogP contribution in [0.5, 0.6) is 0 Å². The van der Waals surface area contributed by atoms with E-state index in [-0.39, 0.29) is 25.5 Å². The van der Waals surface area contributed by atoms with E-state index in [2.05, 4.69) is 35.5 Å². The quantitative estimate of drug-likeness (QED) is 0.400. The molecule has 17 heteroatoms. The van der Waals surface area contributed by atoms with E-state index in [0.717, 1.165) is 11.0 Å². The number of hydrogen-bond donors (Lipinski definition) is 2. The lowest BCUT2D eigenvalue weighted by atomic mass is 10.2. The largest absolute Gasteiger partial charge is 0.522 e. The van der Waals surface area contributed by atoms with Crippen LogP contribution in [0.1, 0.15) is 34.7 Å². The average molecular weight is 508 g/mol. The molecule has 0 spiro atoms. The molecule has 0 aliphatic carbocycles. The van der Waals surface area contributed by atoms with Gasteiger partial charge in [-0.3, -0.25) is 14.3 Å². The Labute approximate surface area is 192 Å². The van der Waals surface area contributed by atoms with E-state index in [1.54, 1.807) is 6.07 Å². The monoisotopic (exact) mass is 508 g/mol. The number of alkyl halides is 6. The summed E-state index contributed by atoms with van der Waals surface area (Å²) in [5, 5.41) is 12.7. The van der Waals surface area contributed by atoms with Gasteiger partial charge in [-0.1, -0.05) is 0 Å². The highest BCUT2D eigenvalue weighted by Crippen LogP contribution is 2.21. The number of fused-ring (bicyclic) bond motifs is 1. The van der Waals surface area contributed by atoms with E-state index in [9.17, 15) is 35.9 Å². The molecule has 3 rings (SSSR count). The van der Waals surface area contributed by atoms with Crippen LogP contribution in [0.4, 0.5) is 26.3 Å². The van der Waals surface area contributed by atoms with Crippen molar-refractivity contribution in [2.75, 3.05) is 6.61 Å². The summed E-state index contributed by atoms with van der Waals surface area (Å²) in [6.07, 6.45) is -7.22. The van der Waals surface area contributed by atoms with Crippen molar-refractivity contribution >= 4 is 17.5 Å². The van der Waals surface area contributed by atoms with Gasteiger partial charge in [0.2, 0.25) is 11.7 Å². The van der Waals surface area contributed by atoms with E-state index in [1.807, 2.05) is 0 Å². The lowest BCUT2D eigenvalue weighted by molar-refractivity contribution is -0.325. The second kappa shape index (κ2) is 10.7. The first-order valence-electron chi connectivity index (χ1n) is 9.93. The van der Waals surface area contributed by atoms with Crippen molar-refractivity contribution < 1.29 is 40.7 Å². The van der Waals surface area contributed by atoms with Crippen molar-refractivity contribution in [2.45, 2.75) is 45.0 Å². The van der Waals surface area contributed by atoms with Crippen LogP contribution < -0.4 is 10.6 Å². The minimum atomic E-state index is -4.81.